The van der Waals surface area contributed by atoms with Gasteiger partial charge in [0.2, 0.25) is 0 Å². The van der Waals surface area contributed by atoms with Crippen LogP contribution in [0, 0.1) is 12.8 Å². The van der Waals surface area contributed by atoms with E-state index in [4.69, 9.17) is 18.0 Å². The average molecular weight is 304 g/mol. The number of nitrogens with two attached hydrogens (primary N) is 1. The summed E-state index contributed by atoms with van der Waals surface area (Å²) in [4.78, 5) is 9.96. The van der Waals surface area contributed by atoms with Gasteiger partial charge in [0.1, 0.15) is 10.8 Å². The molecular formula is C16H24N4S. The highest BCUT2D eigenvalue weighted by Crippen LogP contribution is 2.32. The van der Waals surface area contributed by atoms with Crippen molar-refractivity contribution in [2.24, 2.45) is 11.7 Å². The third-order valence-electron chi connectivity index (χ3n) is 5.03. The summed E-state index contributed by atoms with van der Waals surface area (Å²) in [6.45, 7) is 5.40. The molecule has 2 unspecified atom stereocenters. The van der Waals surface area contributed by atoms with Gasteiger partial charge < -0.3 is 15.5 Å². The van der Waals surface area contributed by atoms with Gasteiger partial charge in [-0.3, -0.25) is 0 Å². The van der Waals surface area contributed by atoms with Crippen molar-refractivity contribution in [3.05, 3.63) is 23.4 Å². The Balaban J connectivity index is 1.86. The minimum Gasteiger partial charge on any atom is -0.389 e. The molecule has 0 spiro atoms. The smallest absolute Gasteiger partial charge is 0.139 e. The zero-order valence-electron chi connectivity index (χ0n) is 12.9. The van der Waals surface area contributed by atoms with Gasteiger partial charge in [0.05, 0.1) is 5.56 Å². The molecule has 0 aliphatic carbocycles. The number of anilines is 1. The van der Waals surface area contributed by atoms with E-state index in [1.807, 2.05) is 12.3 Å². The second-order valence-corrected chi connectivity index (χ2v) is 6.82. The predicted octanol–water partition coefficient (Wildman–Crippen LogP) is 1.94. The van der Waals surface area contributed by atoms with E-state index in [-0.39, 0.29) is 0 Å². The molecule has 5 heteroatoms. The molecule has 3 rings (SSSR count). The summed E-state index contributed by atoms with van der Waals surface area (Å²) in [5.41, 5.74) is 8.01. The van der Waals surface area contributed by atoms with Crippen LogP contribution in [0.15, 0.2) is 12.3 Å². The SMILES string of the molecule is Cc1ccnc(N2CCC3C(CCCN3C)C2)c1C(N)=S. The normalized spacial score (nSPS) is 26.5. The Morgan fingerprint density at radius 2 is 2.19 bits per heavy atom. The highest BCUT2D eigenvalue weighted by atomic mass is 32.1. The fraction of sp³-hybridized carbons (Fsp3) is 0.625. The molecule has 1 aromatic rings. The minimum absolute atomic E-state index is 0.457. The molecule has 2 aliphatic heterocycles. The summed E-state index contributed by atoms with van der Waals surface area (Å²) in [6.07, 6.45) is 5.69. The molecule has 4 nitrogen and oxygen atoms in total. The number of likely N-dealkylation sites (tertiary alicyclic amines) is 1. The predicted molar refractivity (Wildman–Crippen MR) is 90.8 cm³/mol. The molecule has 3 heterocycles. The summed E-state index contributed by atoms with van der Waals surface area (Å²) in [5.74, 6) is 1.72. The molecule has 2 fully saturated rings. The third-order valence-corrected chi connectivity index (χ3v) is 5.24. The van der Waals surface area contributed by atoms with Crippen LogP contribution < -0.4 is 10.6 Å². The van der Waals surface area contributed by atoms with Crippen molar-refractivity contribution in [2.45, 2.75) is 32.2 Å². The van der Waals surface area contributed by atoms with Crippen LogP contribution in [0.5, 0.6) is 0 Å². The van der Waals surface area contributed by atoms with Crippen LogP contribution in [0.4, 0.5) is 5.82 Å². The number of nitrogens with zero attached hydrogens (tertiary/aromatic N) is 3. The van der Waals surface area contributed by atoms with Crippen molar-refractivity contribution < 1.29 is 0 Å². The number of rotatable bonds is 2. The van der Waals surface area contributed by atoms with Gasteiger partial charge in [-0.2, -0.15) is 0 Å². The molecule has 0 amide bonds. The Morgan fingerprint density at radius 1 is 1.38 bits per heavy atom. The summed E-state index contributed by atoms with van der Waals surface area (Å²) in [6, 6.07) is 2.71. The fourth-order valence-corrected chi connectivity index (χ4v) is 4.19. The molecule has 1 aromatic heterocycles. The van der Waals surface area contributed by atoms with Gasteiger partial charge in [-0.05, 0) is 57.3 Å². The number of thiocarbonyl (C=S) groups is 1. The molecule has 2 aliphatic rings. The summed E-state index contributed by atoms with van der Waals surface area (Å²) < 4.78 is 0. The van der Waals surface area contributed by atoms with Crippen LogP contribution in [0.1, 0.15) is 30.4 Å². The standard InChI is InChI=1S/C16H24N4S/c1-11-5-7-18-16(14(11)15(17)21)20-9-6-13-12(10-20)4-3-8-19(13)2/h5,7,12-13H,3-4,6,8-10H2,1-2H3,(H2,17,21). The number of pyridine rings is 1. The van der Waals surface area contributed by atoms with Gasteiger partial charge in [0.25, 0.3) is 0 Å². The zero-order valence-corrected chi connectivity index (χ0v) is 13.7. The highest BCUT2D eigenvalue weighted by molar-refractivity contribution is 7.80. The maximum absolute atomic E-state index is 5.93. The van der Waals surface area contributed by atoms with Gasteiger partial charge in [0.15, 0.2) is 0 Å². The van der Waals surface area contributed by atoms with Crippen molar-refractivity contribution >= 4 is 23.0 Å². The molecule has 0 saturated carbocycles. The topological polar surface area (TPSA) is 45.4 Å². The van der Waals surface area contributed by atoms with Gasteiger partial charge in [-0.1, -0.05) is 12.2 Å². The van der Waals surface area contributed by atoms with Crippen molar-refractivity contribution in [1.82, 2.24) is 9.88 Å². The van der Waals surface area contributed by atoms with E-state index in [1.54, 1.807) is 0 Å². The minimum atomic E-state index is 0.457. The Kier molecular flexibility index (Phi) is 4.13. The van der Waals surface area contributed by atoms with E-state index in [9.17, 15) is 0 Å². The first-order valence-electron chi connectivity index (χ1n) is 7.78. The number of piperidine rings is 2. The van der Waals surface area contributed by atoms with Gasteiger partial charge in [-0.15, -0.1) is 0 Å². The number of hydrogen-bond donors (Lipinski definition) is 1. The lowest BCUT2D eigenvalue weighted by molar-refractivity contribution is 0.102. The van der Waals surface area contributed by atoms with E-state index < -0.39 is 0 Å². The van der Waals surface area contributed by atoms with E-state index in [0.717, 1.165) is 42.0 Å². The van der Waals surface area contributed by atoms with Gasteiger partial charge in [0, 0.05) is 25.3 Å². The van der Waals surface area contributed by atoms with Crippen LogP contribution in [-0.4, -0.2) is 47.6 Å². The molecule has 2 N–H and O–H groups in total. The first-order chi connectivity index (χ1) is 10.1. The second-order valence-electron chi connectivity index (χ2n) is 6.38. The fourth-order valence-electron chi connectivity index (χ4n) is 3.93. The Morgan fingerprint density at radius 3 is 2.95 bits per heavy atom. The van der Waals surface area contributed by atoms with Crippen LogP contribution in [0.3, 0.4) is 0 Å². The molecular weight excluding hydrogens is 280 g/mol. The van der Waals surface area contributed by atoms with Crippen LogP contribution in [0.25, 0.3) is 0 Å². The number of aryl methyl sites for hydroxylation is 1. The van der Waals surface area contributed by atoms with Gasteiger partial charge >= 0.3 is 0 Å². The van der Waals surface area contributed by atoms with Crippen molar-refractivity contribution in [3.8, 4) is 0 Å². The first kappa shape index (κ1) is 14.7. The summed E-state index contributed by atoms with van der Waals surface area (Å²) >= 11 is 5.24. The molecule has 114 valence electrons. The van der Waals surface area contributed by atoms with Gasteiger partial charge in [-0.25, -0.2) is 4.98 Å². The third kappa shape index (κ3) is 2.77. The summed E-state index contributed by atoms with van der Waals surface area (Å²) in [7, 11) is 2.26. The molecule has 0 bridgehead atoms. The van der Waals surface area contributed by atoms with E-state index in [1.165, 1.54) is 25.8 Å². The number of aromatic nitrogens is 1. The Bertz CT molecular complexity index is 545. The lowest BCUT2D eigenvalue weighted by Gasteiger charge is -2.46. The molecule has 2 saturated heterocycles. The highest BCUT2D eigenvalue weighted by Gasteiger charge is 2.35. The van der Waals surface area contributed by atoms with Crippen LogP contribution in [0.2, 0.25) is 0 Å². The second kappa shape index (κ2) is 5.89. The molecule has 0 aromatic carbocycles. The number of hydrogen-bond acceptors (Lipinski definition) is 4. The van der Waals surface area contributed by atoms with Crippen LogP contribution >= 0.6 is 12.2 Å². The van der Waals surface area contributed by atoms with E-state index >= 15 is 0 Å². The molecule has 21 heavy (non-hydrogen) atoms. The van der Waals surface area contributed by atoms with Crippen LogP contribution in [-0.2, 0) is 0 Å². The van der Waals surface area contributed by atoms with E-state index in [0.29, 0.717) is 4.99 Å². The maximum Gasteiger partial charge on any atom is 0.139 e. The number of fused-ring (bicyclic) bond motifs is 1. The van der Waals surface area contributed by atoms with Crippen molar-refractivity contribution in [3.63, 3.8) is 0 Å². The Hall–Kier alpha value is -1.20. The lowest BCUT2D eigenvalue weighted by Crippen LogP contribution is -2.53. The monoisotopic (exact) mass is 304 g/mol. The largest absolute Gasteiger partial charge is 0.389 e. The molecule has 2 atom stereocenters. The van der Waals surface area contributed by atoms with Crippen molar-refractivity contribution in [1.29, 1.82) is 0 Å². The average Bonchev–Trinajstić information content (AvgIpc) is 2.46. The summed E-state index contributed by atoms with van der Waals surface area (Å²) in [5, 5.41) is 0. The quantitative estimate of drug-likeness (QED) is 0.846. The maximum atomic E-state index is 5.93. The molecule has 0 radical (unpaired) electrons. The first-order valence-corrected chi connectivity index (χ1v) is 8.19. The zero-order chi connectivity index (χ0) is 15.0. The Labute approximate surface area is 132 Å². The van der Waals surface area contributed by atoms with Crippen molar-refractivity contribution in [2.75, 3.05) is 31.6 Å². The lowest BCUT2D eigenvalue weighted by atomic mass is 9.84. The van der Waals surface area contributed by atoms with E-state index in [2.05, 4.69) is 28.8 Å².